The number of hydrogen-bond acceptors (Lipinski definition) is 4. The third kappa shape index (κ3) is 4.84. The molecule has 0 bridgehead atoms. The van der Waals surface area contributed by atoms with E-state index in [0.29, 0.717) is 36.2 Å². The Morgan fingerprint density at radius 3 is 2.79 bits per heavy atom. The maximum Gasteiger partial charge on any atom is 0.322 e. The number of halogens is 1. The van der Waals surface area contributed by atoms with E-state index in [1.54, 1.807) is 42.6 Å². The minimum absolute atomic E-state index is 0.267. The minimum atomic E-state index is -0.267. The number of methoxy groups -OCH3 is 2. The van der Waals surface area contributed by atoms with Crippen molar-refractivity contribution < 1.29 is 14.3 Å². The van der Waals surface area contributed by atoms with Crippen LogP contribution in [0.4, 0.5) is 10.5 Å². The molecule has 0 saturated heterocycles. The Balaban J connectivity index is 2.14. The zero-order valence-electron chi connectivity index (χ0n) is 13.7. The SMILES string of the molecule is COCCN(Cc1cccnc1)C(=O)Nc1cccc(Cl)c1OC. The number of benzene rings is 1. The van der Waals surface area contributed by atoms with Gasteiger partial charge in [0.2, 0.25) is 0 Å². The highest BCUT2D eigenvalue weighted by Gasteiger charge is 2.17. The van der Waals surface area contributed by atoms with Gasteiger partial charge in [-0.05, 0) is 23.8 Å². The molecule has 0 radical (unpaired) electrons. The van der Waals surface area contributed by atoms with Crippen molar-refractivity contribution >= 4 is 23.3 Å². The highest BCUT2D eigenvalue weighted by Crippen LogP contribution is 2.32. The molecule has 1 N–H and O–H groups in total. The fourth-order valence-electron chi connectivity index (χ4n) is 2.17. The van der Waals surface area contributed by atoms with Gasteiger partial charge in [-0.3, -0.25) is 4.98 Å². The van der Waals surface area contributed by atoms with Gasteiger partial charge in [0.15, 0.2) is 5.75 Å². The summed E-state index contributed by atoms with van der Waals surface area (Å²) in [5.74, 6) is 0.431. The summed E-state index contributed by atoms with van der Waals surface area (Å²) in [6.07, 6.45) is 3.42. The van der Waals surface area contributed by atoms with Crippen LogP contribution in [0.3, 0.4) is 0 Å². The van der Waals surface area contributed by atoms with Crippen LogP contribution in [0.2, 0.25) is 5.02 Å². The predicted molar refractivity (Wildman–Crippen MR) is 93.5 cm³/mol. The molecule has 0 atom stereocenters. The first-order valence-corrected chi connectivity index (χ1v) is 7.79. The average molecular weight is 350 g/mol. The van der Waals surface area contributed by atoms with E-state index in [-0.39, 0.29) is 6.03 Å². The molecule has 1 aromatic carbocycles. The Bertz CT molecular complexity index is 667. The molecule has 128 valence electrons. The van der Waals surface area contributed by atoms with Gasteiger partial charge in [-0.25, -0.2) is 4.79 Å². The molecule has 0 fully saturated rings. The van der Waals surface area contributed by atoms with Gasteiger partial charge in [0, 0.05) is 32.6 Å². The average Bonchev–Trinajstić information content (AvgIpc) is 2.59. The van der Waals surface area contributed by atoms with Crippen molar-refractivity contribution in [1.29, 1.82) is 0 Å². The zero-order chi connectivity index (χ0) is 17.4. The quantitative estimate of drug-likeness (QED) is 0.831. The molecule has 6 nitrogen and oxygen atoms in total. The summed E-state index contributed by atoms with van der Waals surface area (Å²) in [6, 6.07) is 8.68. The first kappa shape index (κ1) is 18.0. The summed E-state index contributed by atoms with van der Waals surface area (Å²) >= 11 is 6.09. The lowest BCUT2D eigenvalue weighted by atomic mass is 10.2. The molecule has 0 aliphatic rings. The predicted octanol–water partition coefficient (Wildman–Crippen LogP) is 3.42. The minimum Gasteiger partial charge on any atom is -0.493 e. The maximum absolute atomic E-state index is 12.6. The Kier molecular flexibility index (Phi) is 6.84. The second-order valence-corrected chi connectivity index (χ2v) is 5.43. The van der Waals surface area contributed by atoms with Crippen LogP contribution in [0.25, 0.3) is 0 Å². The summed E-state index contributed by atoms with van der Waals surface area (Å²) < 4.78 is 10.3. The molecule has 2 aromatic rings. The summed E-state index contributed by atoms with van der Waals surface area (Å²) in [5, 5.41) is 3.27. The van der Waals surface area contributed by atoms with Crippen LogP contribution in [0.15, 0.2) is 42.7 Å². The second kappa shape index (κ2) is 9.10. The lowest BCUT2D eigenvalue weighted by molar-refractivity contribution is 0.152. The first-order chi connectivity index (χ1) is 11.7. The van der Waals surface area contributed by atoms with Crippen LogP contribution in [0, 0.1) is 0 Å². The van der Waals surface area contributed by atoms with Gasteiger partial charge >= 0.3 is 6.03 Å². The van der Waals surface area contributed by atoms with Crippen molar-refractivity contribution in [3.05, 3.63) is 53.3 Å². The third-order valence-electron chi connectivity index (χ3n) is 3.36. The monoisotopic (exact) mass is 349 g/mol. The van der Waals surface area contributed by atoms with Gasteiger partial charge in [0.25, 0.3) is 0 Å². The van der Waals surface area contributed by atoms with Gasteiger partial charge in [-0.2, -0.15) is 0 Å². The Morgan fingerprint density at radius 1 is 1.29 bits per heavy atom. The largest absolute Gasteiger partial charge is 0.493 e. The van der Waals surface area contributed by atoms with E-state index in [4.69, 9.17) is 21.1 Å². The number of nitrogens with one attached hydrogen (secondary N) is 1. The molecule has 2 rings (SSSR count). The van der Waals surface area contributed by atoms with Crippen molar-refractivity contribution in [3.63, 3.8) is 0 Å². The molecule has 0 unspecified atom stereocenters. The number of urea groups is 1. The van der Waals surface area contributed by atoms with E-state index in [1.165, 1.54) is 7.11 Å². The van der Waals surface area contributed by atoms with Crippen molar-refractivity contribution in [2.24, 2.45) is 0 Å². The number of nitrogens with zero attached hydrogens (tertiary/aromatic N) is 2. The van der Waals surface area contributed by atoms with Crippen LogP contribution >= 0.6 is 11.6 Å². The van der Waals surface area contributed by atoms with Gasteiger partial charge in [-0.15, -0.1) is 0 Å². The van der Waals surface area contributed by atoms with Crippen LogP contribution in [-0.4, -0.2) is 43.3 Å². The highest BCUT2D eigenvalue weighted by molar-refractivity contribution is 6.32. The summed E-state index contributed by atoms with van der Waals surface area (Å²) in [6.45, 7) is 1.30. The highest BCUT2D eigenvalue weighted by atomic mass is 35.5. The lowest BCUT2D eigenvalue weighted by Gasteiger charge is -2.23. The molecular formula is C17H20ClN3O3. The molecule has 0 aliphatic carbocycles. The van der Waals surface area contributed by atoms with E-state index in [9.17, 15) is 4.79 Å². The van der Waals surface area contributed by atoms with E-state index in [2.05, 4.69) is 10.3 Å². The van der Waals surface area contributed by atoms with Crippen molar-refractivity contribution in [1.82, 2.24) is 9.88 Å². The molecule has 2 amide bonds. The molecule has 1 heterocycles. The zero-order valence-corrected chi connectivity index (χ0v) is 14.4. The Hall–Kier alpha value is -2.31. The lowest BCUT2D eigenvalue weighted by Crippen LogP contribution is -2.37. The molecule has 0 spiro atoms. The fraction of sp³-hybridized carbons (Fsp3) is 0.294. The number of aromatic nitrogens is 1. The second-order valence-electron chi connectivity index (χ2n) is 5.03. The summed E-state index contributed by atoms with van der Waals surface area (Å²) in [4.78, 5) is 18.4. The number of amides is 2. The molecule has 1 aromatic heterocycles. The number of carbonyl (C=O) groups is 1. The summed E-state index contributed by atoms with van der Waals surface area (Å²) in [7, 11) is 3.11. The van der Waals surface area contributed by atoms with E-state index >= 15 is 0 Å². The number of carbonyl (C=O) groups excluding carboxylic acids is 1. The molecule has 0 saturated carbocycles. The number of pyridine rings is 1. The van der Waals surface area contributed by atoms with Crippen molar-refractivity contribution in [2.45, 2.75) is 6.54 Å². The number of rotatable bonds is 7. The Labute approximate surface area is 146 Å². The standard InChI is InChI=1S/C17H20ClN3O3/c1-23-10-9-21(12-13-5-4-8-19-11-13)17(22)20-15-7-3-6-14(18)16(15)24-2/h3-8,11H,9-10,12H2,1-2H3,(H,20,22). The third-order valence-corrected chi connectivity index (χ3v) is 3.66. The molecular weight excluding hydrogens is 330 g/mol. The van der Waals surface area contributed by atoms with E-state index in [0.717, 1.165) is 5.56 Å². The van der Waals surface area contributed by atoms with Crippen LogP contribution in [-0.2, 0) is 11.3 Å². The van der Waals surface area contributed by atoms with Crippen LogP contribution in [0.1, 0.15) is 5.56 Å². The van der Waals surface area contributed by atoms with Gasteiger partial charge in [0.1, 0.15) is 0 Å². The number of anilines is 1. The number of hydrogen-bond donors (Lipinski definition) is 1. The summed E-state index contributed by atoms with van der Waals surface area (Å²) in [5.41, 5.74) is 1.45. The molecule has 7 heteroatoms. The van der Waals surface area contributed by atoms with E-state index in [1.807, 2.05) is 12.1 Å². The van der Waals surface area contributed by atoms with E-state index < -0.39 is 0 Å². The van der Waals surface area contributed by atoms with Crippen molar-refractivity contribution in [3.8, 4) is 5.75 Å². The molecule has 24 heavy (non-hydrogen) atoms. The smallest absolute Gasteiger partial charge is 0.322 e. The normalized spacial score (nSPS) is 10.3. The van der Waals surface area contributed by atoms with Crippen molar-refractivity contribution in [2.75, 3.05) is 32.7 Å². The fourth-order valence-corrected chi connectivity index (χ4v) is 2.43. The maximum atomic E-state index is 12.6. The number of ether oxygens (including phenoxy) is 2. The van der Waals surface area contributed by atoms with Crippen LogP contribution in [0.5, 0.6) is 5.75 Å². The Morgan fingerprint density at radius 2 is 2.12 bits per heavy atom. The topological polar surface area (TPSA) is 63.7 Å². The molecule has 0 aliphatic heterocycles. The van der Waals surface area contributed by atoms with Gasteiger partial charge in [0.05, 0.1) is 24.4 Å². The van der Waals surface area contributed by atoms with Gasteiger partial charge in [-0.1, -0.05) is 23.7 Å². The number of para-hydroxylation sites is 1. The first-order valence-electron chi connectivity index (χ1n) is 7.42. The van der Waals surface area contributed by atoms with Crippen LogP contribution < -0.4 is 10.1 Å². The van der Waals surface area contributed by atoms with Gasteiger partial charge < -0.3 is 19.7 Å².